The van der Waals surface area contributed by atoms with Gasteiger partial charge in [-0.05, 0) is 43.2 Å². The maximum absolute atomic E-state index is 12.5. The Balaban J connectivity index is 1.57. The van der Waals surface area contributed by atoms with E-state index in [0.717, 1.165) is 31.9 Å². The summed E-state index contributed by atoms with van der Waals surface area (Å²) in [5, 5.41) is 9.21. The van der Waals surface area contributed by atoms with Gasteiger partial charge in [-0.15, -0.1) is 0 Å². The third-order valence-electron chi connectivity index (χ3n) is 4.58. The molecule has 0 aromatic heterocycles. The van der Waals surface area contributed by atoms with Crippen molar-refractivity contribution >= 4 is 11.9 Å². The fourth-order valence-corrected chi connectivity index (χ4v) is 3.02. The van der Waals surface area contributed by atoms with E-state index in [9.17, 15) is 14.7 Å². The smallest absolute Gasteiger partial charge is 0.335 e. The molecular formula is C18H23NO4. The molecule has 1 saturated heterocycles. The van der Waals surface area contributed by atoms with E-state index >= 15 is 0 Å². The second-order valence-corrected chi connectivity index (χ2v) is 6.52. The zero-order valence-corrected chi connectivity index (χ0v) is 13.2. The molecule has 1 aromatic carbocycles. The number of nitrogens with zero attached hydrogens (tertiary/aromatic N) is 1. The number of rotatable bonds is 6. The molecule has 0 radical (unpaired) electrons. The number of amides is 1. The van der Waals surface area contributed by atoms with Gasteiger partial charge in [-0.2, -0.15) is 0 Å². The molecule has 1 aliphatic carbocycles. The summed E-state index contributed by atoms with van der Waals surface area (Å²) >= 11 is 0. The molecule has 3 rings (SSSR count). The van der Waals surface area contributed by atoms with Gasteiger partial charge >= 0.3 is 5.97 Å². The number of benzene rings is 1. The van der Waals surface area contributed by atoms with Crippen LogP contribution < -0.4 is 0 Å². The molecule has 1 atom stereocenters. The van der Waals surface area contributed by atoms with Crippen LogP contribution in [0.3, 0.4) is 0 Å². The zero-order valence-electron chi connectivity index (χ0n) is 13.2. The van der Waals surface area contributed by atoms with Gasteiger partial charge in [-0.3, -0.25) is 4.79 Å². The van der Waals surface area contributed by atoms with Crippen molar-refractivity contribution in [2.75, 3.05) is 19.7 Å². The zero-order chi connectivity index (χ0) is 16.2. The van der Waals surface area contributed by atoms with Gasteiger partial charge in [0, 0.05) is 19.7 Å². The first-order chi connectivity index (χ1) is 11.1. The van der Waals surface area contributed by atoms with E-state index in [-0.39, 0.29) is 24.0 Å². The minimum Gasteiger partial charge on any atom is -0.478 e. The van der Waals surface area contributed by atoms with Gasteiger partial charge in [0.05, 0.1) is 18.1 Å². The second kappa shape index (κ2) is 7.13. The Bertz CT molecular complexity index is 582. The molecule has 1 heterocycles. The maximum Gasteiger partial charge on any atom is 0.335 e. The molecule has 2 fully saturated rings. The molecule has 5 nitrogen and oxygen atoms in total. The lowest BCUT2D eigenvalue weighted by atomic mass is 10.0. The quantitative estimate of drug-likeness (QED) is 0.874. The minimum atomic E-state index is -0.988. The van der Waals surface area contributed by atoms with E-state index in [4.69, 9.17) is 4.74 Å². The van der Waals surface area contributed by atoms with E-state index in [1.54, 1.807) is 24.3 Å². The number of carbonyl (C=O) groups excluding carboxylic acids is 1. The Morgan fingerprint density at radius 1 is 1.22 bits per heavy atom. The summed E-state index contributed by atoms with van der Waals surface area (Å²) < 4.78 is 5.91. The van der Waals surface area contributed by atoms with Crippen LogP contribution in [0.2, 0.25) is 0 Å². The molecule has 1 unspecified atom stereocenters. The predicted molar refractivity (Wildman–Crippen MR) is 85.4 cm³/mol. The number of likely N-dealkylation sites (tertiary alicyclic amines) is 1. The highest BCUT2D eigenvalue weighted by Crippen LogP contribution is 2.30. The minimum absolute atomic E-state index is 0.0154. The van der Waals surface area contributed by atoms with Crippen molar-refractivity contribution in [1.82, 2.24) is 4.90 Å². The normalized spacial score (nSPS) is 21.2. The molecule has 2 aliphatic rings. The first kappa shape index (κ1) is 16.0. The van der Waals surface area contributed by atoms with Crippen molar-refractivity contribution < 1.29 is 19.4 Å². The molecule has 1 amide bonds. The summed E-state index contributed by atoms with van der Waals surface area (Å²) in [6.07, 6.45) is 4.74. The average molecular weight is 317 g/mol. The van der Waals surface area contributed by atoms with Crippen molar-refractivity contribution in [1.29, 1.82) is 0 Å². The van der Waals surface area contributed by atoms with Gasteiger partial charge in [-0.1, -0.05) is 18.2 Å². The van der Waals surface area contributed by atoms with Crippen molar-refractivity contribution in [3.05, 3.63) is 35.4 Å². The van der Waals surface area contributed by atoms with Crippen LogP contribution in [0.25, 0.3) is 0 Å². The summed E-state index contributed by atoms with van der Waals surface area (Å²) in [5.74, 6) is -0.278. The van der Waals surface area contributed by atoms with Gasteiger partial charge in [-0.25, -0.2) is 4.79 Å². The Morgan fingerprint density at radius 3 is 2.74 bits per heavy atom. The Morgan fingerprint density at radius 2 is 2.00 bits per heavy atom. The standard InChI is InChI=1S/C18H23NO4/c20-17(10-14-4-1-2-6-16(14)18(21)22)19-9-3-5-15(11-19)23-12-13-7-8-13/h1-2,4,6,13,15H,3,5,7-12H2,(H,21,22). The van der Waals surface area contributed by atoms with Crippen molar-refractivity contribution in [2.45, 2.75) is 38.2 Å². The molecule has 1 aromatic rings. The third-order valence-corrected chi connectivity index (χ3v) is 4.58. The number of carboxylic acid groups (broad SMARTS) is 1. The molecule has 1 aliphatic heterocycles. The molecule has 1 N–H and O–H groups in total. The van der Waals surface area contributed by atoms with Crippen molar-refractivity contribution in [3.8, 4) is 0 Å². The van der Waals surface area contributed by atoms with Gasteiger partial charge in [0.1, 0.15) is 0 Å². The summed E-state index contributed by atoms with van der Waals surface area (Å²) in [7, 11) is 0. The summed E-state index contributed by atoms with van der Waals surface area (Å²) in [6.45, 7) is 2.17. The topological polar surface area (TPSA) is 66.8 Å². The molecule has 1 saturated carbocycles. The molecular weight excluding hydrogens is 294 g/mol. The average Bonchev–Trinajstić information content (AvgIpc) is 3.38. The van der Waals surface area contributed by atoms with E-state index in [0.29, 0.717) is 12.1 Å². The largest absolute Gasteiger partial charge is 0.478 e. The van der Waals surface area contributed by atoms with Crippen LogP contribution in [-0.2, 0) is 16.0 Å². The molecule has 0 bridgehead atoms. The molecule has 124 valence electrons. The van der Waals surface area contributed by atoms with Crippen LogP contribution in [0.5, 0.6) is 0 Å². The second-order valence-electron chi connectivity index (χ2n) is 6.52. The number of ether oxygens (including phenoxy) is 1. The van der Waals surface area contributed by atoms with Gasteiger partial charge in [0.2, 0.25) is 5.91 Å². The monoisotopic (exact) mass is 317 g/mol. The molecule has 23 heavy (non-hydrogen) atoms. The lowest BCUT2D eigenvalue weighted by Gasteiger charge is -2.33. The number of carbonyl (C=O) groups is 2. The molecule has 0 spiro atoms. The Labute approximate surface area is 136 Å². The summed E-state index contributed by atoms with van der Waals surface area (Å²) in [5.41, 5.74) is 0.783. The van der Waals surface area contributed by atoms with E-state index < -0.39 is 5.97 Å². The first-order valence-corrected chi connectivity index (χ1v) is 8.34. The highest BCUT2D eigenvalue weighted by atomic mass is 16.5. The highest BCUT2D eigenvalue weighted by molar-refractivity contribution is 5.91. The fraction of sp³-hybridized carbons (Fsp3) is 0.556. The first-order valence-electron chi connectivity index (χ1n) is 8.34. The van der Waals surface area contributed by atoms with Gasteiger partial charge < -0.3 is 14.7 Å². The SMILES string of the molecule is O=C(O)c1ccccc1CC(=O)N1CCCC(OCC2CC2)C1. The highest BCUT2D eigenvalue weighted by Gasteiger charge is 2.28. The van der Waals surface area contributed by atoms with Crippen molar-refractivity contribution in [2.24, 2.45) is 5.92 Å². The van der Waals surface area contributed by atoms with E-state index in [1.165, 1.54) is 12.8 Å². The fourth-order valence-electron chi connectivity index (χ4n) is 3.02. The Kier molecular flexibility index (Phi) is 4.96. The Hall–Kier alpha value is -1.88. The lowest BCUT2D eigenvalue weighted by molar-refractivity contribution is -0.134. The predicted octanol–water partition coefficient (Wildman–Crippen LogP) is 2.34. The number of aromatic carboxylic acids is 1. The van der Waals surface area contributed by atoms with Crippen LogP contribution in [-0.4, -0.2) is 47.7 Å². The van der Waals surface area contributed by atoms with Crippen LogP contribution in [0.15, 0.2) is 24.3 Å². The number of hydrogen-bond acceptors (Lipinski definition) is 3. The number of piperidine rings is 1. The van der Waals surface area contributed by atoms with E-state index in [1.807, 2.05) is 4.90 Å². The third kappa shape index (κ3) is 4.32. The van der Waals surface area contributed by atoms with Crippen LogP contribution >= 0.6 is 0 Å². The lowest BCUT2D eigenvalue weighted by Crippen LogP contribution is -2.44. The molecule has 5 heteroatoms. The van der Waals surface area contributed by atoms with Gasteiger partial charge in [0.15, 0.2) is 0 Å². The van der Waals surface area contributed by atoms with Crippen LogP contribution in [0.4, 0.5) is 0 Å². The number of hydrogen-bond donors (Lipinski definition) is 1. The number of carboxylic acids is 1. The summed E-state index contributed by atoms with van der Waals surface area (Å²) in [6, 6.07) is 6.71. The van der Waals surface area contributed by atoms with Crippen LogP contribution in [0.1, 0.15) is 41.6 Å². The summed E-state index contributed by atoms with van der Waals surface area (Å²) in [4.78, 5) is 25.6. The van der Waals surface area contributed by atoms with Crippen molar-refractivity contribution in [3.63, 3.8) is 0 Å². The van der Waals surface area contributed by atoms with Crippen LogP contribution in [0, 0.1) is 5.92 Å². The van der Waals surface area contributed by atoms with Gasteiger partial charge in [0.25, 0.3) is 0 Å². The maximum atomic E-state index is 12.5. The van der Waals surface area contributed by atoms with E-state index in [2.05, 4.69) is 0 Å².